The molecule has 0 spiro atoms. The fourth-order valence-corrected chi connectivity index (χ4v) is 16.9. The Labute approximate surface area is 751 Å². The molecular formula is C115H80N14O. The van der Waals surface area contributed by atoms with Gasteiger partial charge in [-0.05, 0) is 251 Å². The lowest BCUT2D eigenvalue weighted by Gasteiger charge is -2.16. The summed E-state index contributed by atoms with van der Waals surface area (Å²) in [5.41, 5.74) is 34.3. The van der Waals surface area contributed by atoms with Gasteiger partial charge in [0.15, 0.2) is 17.2 Å². The fraction of sp³-hybridized carbons (Fsp3) is 0. The molecule has 0 aliphatic rings. The fourth-order valence-electron chi connectivity index (χ4n) is 16.9. The molecule has 23 rings (SSSR count). The number of fused-ring (bicyclic) bond motifs is 1. The minimum absolute atomic E-state index is 0.631. The molecule has 0 unspecified atom stereocenters. The van der Waals surface area contributed by atoms with E-state index in [4.69, 9.17) is 4.42 Å². The van der Waals surface area contributed by atoms with Gasteiger partial charge >= 0.3 is 0 Å². The summed E-state index contributed by atoms with van der Waals surface area (Å²) in [4.78, 5) is 30.8. The number of hydrogen-bond donors (Lipinski definition) is 0. The van der Waals surface area contributed by atoms with Crippen LogP contribution in [-0.4, -0.2) is 67.9 Å². The average molecular weight is 1670 g/mol. The SMILES string of the molecule is c1ccc(-c2ccc(-c3ccccc3)n2-c2ccc(-c3ccc(-n4c(-c5cccnc5)ccc4-c4cccnc4)cc3)cc2)cc1.c1ccc(-c2nnc(-c3ccccc3)n2-c2ccc(-c3ccc(-n4c(-c5cccnc5)ccc4-c4cccnc4)cc3)cc2)cc1.c1cncc(-c2ccc(-c3cccnc3)n2-c2ccc(-c3ccc(-c4nc5ccccc5o4)cc3)cc2)c1. The number of benzene rings is 11. The minimum atomic E-state index is 0.631. The molecule has 0 amide bonds. The first kappa shape index (κ1) is 79.2. The molecule has 23 aromatic rings. The highest BCUT2D eigenvalue weighted by atomic mass is 16.3. The topological polar surface area (TPSA) is 154 Å². The Hall–Kier alpha value is -18.0. The molecule has 15 heteroatoms. The van der Waals surface area contributed by atoms with E-state index in [0.29, 0.717) is 5.89 Å². The van der Waals surface area contributed by atoms with E-state index in [9.17, 15) is 0 Å². The van der Waals surface area contributed by atoms with Crippen molar-refractivity contribution in [3.05, 3.63) is 487 Å². The van der Waals surface area contributed by atoms with Crippen LogP contribution in [0, 0.1) is 0 Å². The summed E-state index contributed by atoms with van der Waals surface area (Å²) in [7, 11) is 0. The number of nitrogens with zero attached hydrogens (tertiary/aromatic N) is 14. The summed E-state index contributed by atoms with van der Waals surface area (Å²) in [5.74, 6) is 2.24. The third-order valence-corrected chi connectivity index (χ3v) is 23.2. The minimum Gasteiger partial charge on any atom is -0.436 e. The quantitative estimate of drug-likeness (QED) is 0.0764. The van der Waals surface area contributed by atoms with E-state index in [0.717, 1.165) is 180 Å². The lowest BCUT2D eigenvalue weighted by atomic mass is 10.0. The van der Waals surface area contributed by atoms with Crippen LogP contribution in [0.2, 0.25) is 0 Å². The second-order valence-corrected chi connectivity index (χ2v) is 31.2. The summed E-state index contributed by atoms with van der Waals surface area (Å²) in [5, 5.41) is 9.23. The normalized spacial score (nSPS) is 11.1. The van der Waals surface area contributed by atoms with Crippen molar-refractivity contribution in [2.75, 3.05) is 0 Å². The molecule has 0 saturated heterocycles. The Kier molecular flexibility index (Phi) is 22.2. The monoisotopic (exact) mass is 1670 g/mol. The first-order valence-electron chi connectivity index (χ1n) is 43.0. The highest BCUT2D eigenvalue weighted by molar-refractivity contribution is 5.82. The summed E-state index contributed by atoms with van der Waals surface area (Å²) < 4.78 is 17.2. The van der Waals surface area contributed by atoms with Gasteiger partial charge in [-0.1, -0.05) is 206 Å². The van der Waals surface area contributed by atoms with Crippen molar-refractivity contribution in [1.29, 1.82) is 0 Å². The van der Waals surface area contributed by atoms with E-state index < -0.39 is 0 Å². The van der Waals surface area contributed by atoms with E-state index in [1.807, 2.05) is 134 Å². The van der Waals surface area contributed by atoms with Crippen LogP contribution in [0.15, 0.2) is 491 Å². The number of pyridine rings is 6. The summed E-state index contributed by atoms with van der Waals surface area (Å²) in [6, 6.07) is 143. The second-order valence-electron chi connectivity index (χ2n) is 31.2. The van der Waals surface area contributed by atoms with Crippen molar-refractivity contribution in [3.63, 3.8) is 0 Å². The Bertz CT molecular complexity index is 6740. The molecule has 12 aromatic heterocycles. The number of hydrogen-bond acceptors (Lipinski definition) is 10. The zero-order valence-electron chi connectivity index (χ0n) is 70.4. The Balaban J connectivity index is 0.000000119. The molecule has 616 valence electrons. The van der Waals surface area contributed by atoms with Gasteiger partial charge in [0.05, 0.1) is 45.6 Å². The van der Waals surface area contributed by atoms with Gasteiger partial charge in [-0.15, -0.1) is 10.2 Å². The van der Waals surface area contributed by atoms with Gasteiger partial charge in [0.2, 0.25) is 5.89 Å². The molecule has 0 aliphatic heterocycles. The summed E-state index contributed by atoms with van der Waals surface area (Å²) in [6.07, 6.45) is 22.2. The zero-order valence-corrected chi connectivity index (χ0v) is 70.4. The van der Waals surface area contributed by atoms with Gasteiger partial charge < -0.3 is 22.7 Å². The molecule has 12 heterocycles. The molecule has 0 radical (unpaired) electrons. The average Bonchev–Trinajstić information content (AvgIpc) is 1.57. The summed E-state index contributed by atoms with van der Waals surface area (Å²) >= 11 is 0. The van der Waals surface area contributed by atoms with Crippen molar-refractivity contribution < 1.29 is 4.42 Å². The van der Waals surface area contributed by atoms with E-state index in [1.54, 1.807) is 37.2 Å². The molecule has 130 heavy (non-hydrogen) atoms. The van der Waals surface area contributed by atoms with Crippen LogP contribution >= 0.6 is 0 Å². The molecule has 0 saturated carbocycles. The lowest BCUT2D eigenvalue weighted by molar-refractivity contribution is 0.620. The van der Waals surface area contributed by atoms with Gasteiger partial charge in [-0.2, -0.15) is 0 Å². The van der Waals surface area contributed by atoms with Crippen LogP contribution in [-0.2, 0) is 0 Å². The summed E-state index contributed by atoms with van der Waals surface area (Å²) in [6.45, 7) is 0. The molecule has 0 fully saturated rings. The maximum atomic E-state index is 5.93. The van der Waals surface area contributed by atoms with E-state index in [2.05, 4.69) is 383 Å². The third-order valence-electron chi connectivity index (χ3n) is 23.2. The first-order valence-corrected chi connectivity index (χ1v) is 43.0. The van der Waals surface area contributed by atoms with Gasteiger partial charge in [0, 0.05) is 153 Å². The van der Waals surface area contributed by atoms with E-state index >= 15 is 0 Å². The Morgan fingerprint density at radius 2 is 0.377 bits per heavy atom. The number of aromatic nitrogens is 14. The molecular weight excluding hydrogens is 1590 g/mol. The van der Waals surface area contributed by atoms with Crippen LogP contribution in [0.1, 0.15) is 0 Å². The van der Waals surface area contributed by atoms with Crippen LogP contribution in [0.3, 0.4) is 0 Å². The maximum Gasteiger partial charge on any atom is 0.227 e. The molecule has 0 N–H and O–H groups in total. The highest BCUT2D eigenvalue weighted by Gasteiger charge is 2.23. The van der Waals surface area contributed by atoms with Gasteiger partial charge in [0.1, 0.15) is 5.52 Å². The Morgan fingerprint density at radius 1 is 0.162 bits per heavy atom. The van der Waals surface area contributed by atoms with Crippen molar-refractivity contribution in [2.24, 2.45) is 0 Å². The first-order chi connectivity index (χ1) is 64.5. The standard InChI is InChI=1S/C42H30N4.C40H28N6.C33H22N4O/c1-3-9-33(10-4-1)39-23-24-40(34-11-5-2-6-12-34)45(39)37-19-15-31(16-20-37)32-17-21-38(22-18-32)46-41(35-13-7-27-43-29-35)25-26-42(46)36-14-8-28-44-30-36;1-3-9-31(10-4-1)39-43-44-40(32-11-5-2-6-12-32)46(39)36-21-17-30(18-22-36)29-15-19-35(20-16-29)45-37(33-13-7-25-41-27-33)23-24-38(45)34-14-8-26-42-28-34;1-2-8-32-29(7-1)36-33(38-32)25-11-9-23(10-12-25)24-13-15-28(16-14-24)37-30(26-5-3-19-34-21-26)17-18-31(37)27-6-4-20-35-22-27/h1-30H;1-28H;1-22H. The van der Waals surface area contributed by atoms with Crippen LogP contribution in [0.25, 0.3) is 197 Å². The van der Waals surface area contributed by atoms with Crippen molar-refractivity contribution in [1.82, 2.24) is 67.9 Å². The van der Waals surface area contributed by atoms with Gasteiger partial charge in [0.25, 0.3) is 0 Å². The maximum absolute atomic E-state index is 5.93. The predicted octanol–water partition coefficient (Wildman–Crippen LogP) is 27.7. The largest absolute Gasteiger partial charge is 0.436 e. The van der Waals surface area contributed by atoms with Crippen molar-refractivity contribution in [3.8, 4) is 186 Å². The van der Waals surface area contributed by atoms with Crippen LogP contribution in [0.4, 0.5) is 0 Å². The molecule has 0 atom stereocenters. The smallest absolute Gasteiger partial charge is 0.227 e. The number of para-hydroxylation sites is 2. The zero-order chi connectivity index (χ0) is 86.7. The van der Waals surface area contributed by atoms with E-state index in [-0.39, 0.29) is 0 Å². The number of rotatable bonds is 19. The van der Waals surface area contributed by atoms with Crippen LogP contribution in [0.5, 0.6) is 0 Å². The molecule has 0 bridgehead atoms. The van der Waals surface area contributed by atoms with Gasteiger partial charge in [-0.3, -0.25) is 34.5 Å². The Morgan fingerprint density at radius 3 is 0.631 bits per heavy atom. The predicted molar refractivity (Wildman–Crippen MR) is 522 cm³/mol. The lowest BCUT2D eigenvalue weighted by Crippen LogP contribution is -2.00. The third kappa shape index (κ3) is 16.5. The molecule has 15 nitrogen and oxygen atoms in total. The van der Waals surface area contributed by atoms with E-state index in [1.165, 1.54) is 11.1 Å². The van der Waals surface area contributed by atoms with Crippen LogP contribution < -0.4 is 0 Å². The highest BCUT2D eigenvalue weighted by Crippen LogP contribution is 2.41. The number of oxazole rings is 1. The second kappa shape index (κ2) is 36.5. The molecule has 11 aromatic carbocycles. The van der Waals surface area contributed by atoms with Gasteiger partial charge in [-0.25, -0.2) is 4.98 Å². The van der Waals surface area contributed by atoms with Crippen molar-refractivity contribution in [2.45, 2.75) is 0 Å². The molecule has 0 aliphatic carbocycles. The van der Waals surface area contributed by atoms with Crippen molar-refractivity contribution >= 4 is 11.1 Å².